The summed E-state index contributed by atoms with van der Waals surface area (Å²) >= 11 is 1.43. The van der Waals surface area contributed by atoms with Gasteiger partial charge in [0.2, 0.25) is 10.0 Å². The number of sulfonamides is 1. The van der Waals surface area contributed by atoms with Crippen LogP contribution in [0.25, 0.3) is 0 Å². The van der Waals surface area contributed by atoms with Crippen LogP contribution in [0, 0.1) is 0 Å². The molecule has 33 heavy (non-hydrogen) atoms. The average Bonchev–Trinajstić information content (AvgIpc) is 3.40. The second-order valence-corrected chi connectivity index (χ2v) is 11.0. The number of nitrogens with zero attached hydrogens (tertiary/aromatic N) is 1. The first kappa shape index (κ1) is 23.2. The van der Waals surface area contributed by atoms with Gasteiger partial charge in [-0.15, -0.1) is 11.3 Å². The predicted octanol–water partition coefficient (Wildman–Crippen LogP) is 3.67. The Kier molecular flexibility index (Phi) is 6.64. The van der Waals surface area contributed by atoms with Crippen molar-refractivity contribution in [1.29, 1.82) is 0 Å². The highest BCUT2D eigenvalue weighted by atomic mass is 32.2. The Morgan fingerprint density at radius 1 is 1.00 bits per heavy atom. The lowest BCUT2D eigenvalue weighted by molar-refractivity contribution is 0.0963. The molecule has 0 radical (unpaired) electrons. The number of aryl methyl sites for hydroxylation is 1. The predicted molar refractivity (Wildman–Crippen MR) is 129 cm³/mol. The van der Waals surface area contributed by atoms with Gasteiger partial charge in [-0.25, -0.2) is 8.42 Å². The van der Waals surface area contributed by atoms with Crippen molar-refractivity contribution in [3.05, 3.63) is 81.7 Å². The van der Waals surface area contributed by atoms with E-state index in [1.165, 1.54) is 47.0 Å². The Morgan fingerprint density at radius 3 is 2.36 bits per heavy atom. The largest absolute Gasteiger partial charge is 0.355 e. The van der Waals surface area contributed by atoms with Gasteiger partial charge in [-0.3, -0.25) is 9.59 Å². The van der Waals surface area contributed by atoms with Crippen molar-refractivity contribution in [2.24, 2.45) is 0 Å². The van der Waals surface area contributed by atoms with Crippen LogP contribution in [0.2, 0.25) is 0 Å². The standard InChI is InChI=1S/C24H25N3O4S2/c1-25-23(29)21-19-9-6-10-20(19)32-24(21)26-22(28)17-11-13-18(14-12-17)33(30,31)27(2)15-16-7-4-3-5-8-16/h3-5,7-8,11-14H,6,9-10,15H2,1-2H3,(H,25,29)(H,26,28). The number of anilines is 1. The van der Waals surface area contributed by atoms with E-state index < -0.39 is 10.0 Å². The van der Waals surface area contributed by atoms with E-state index in [1.807, 2.05) is 30.3 Å². The number of hydrogen-bond acceptors (Lipinski definition) is 5. The number of rotatable bonds is 7. The minimum atomic E-state index is -3.71. The topological polar surface area (TPSA) is 95.6 Å². The molecule has 0 bridgehead atoms. The lowest BCUT2D eigenvalue weighted by Gasteiger charge is -2.17. The lowest BCUT2D eigenvalue weighted by atomic mass is 10.1. The lowest BCUT2D eigenvalue weighted by Crippen LogP contribution is -2.26. The summed E-state index contributed by atoms with van der Waals surface area (Å²) in [5.41, 5.74) is 2.74. The normalized spacial score (nSPS) is 13.1. The van der Waals surface area contributed by atoms with Gasteiger partial charge in [-0.05, 0) is 54.7 Å². The first-order valence-electron chi connectivity index (χ1n) is 10.6. The number of benzene rings is 2. The van der Waals surface area contributed by atoms with Gasteiger partial charge in [-0.2, -0.15) is 4.31 Å². The van der Waals surface area contributed by atoms with Gasteiger partial charge in [0.15, 0.2) is 0 Å². The van der Waals surface area contributed by atoms with E-state index >= 15 is 0 Å². The van der Waals surface area contributed by atoms with E-state index in [1.54, 1.807) is 7.05 Å². The van der Waals surface area contributed by atoms with E-state index in [9.17, 15) is 18.0 Å². The fourth-order valence-electron chi connectivity index (χ4n) is 3.92. The molecule has 7 nitrogen and oxygen atoms in total. The fourth-order valence-corrected chi connectivity index (χ4v) is 6.36. The molecule has 1 heterocycles. The maximum absolute atomic E-state index is 12.9. The zero-order valence-electron chi connectivity index (χ0n) is 18.4. The third-order valence-corrected chi connectivity index (χ3v) is 8.70. The molecule has 1 aliphatic rings. The Bertz CT molecular complexity index is 1280. The molecule has 1 aliphatic carbocycles. The number of fused-ring (bicyclic) bond motifs is 1. The van der Waals surface area contributed by atoms with Gasteiger partial charge < -0.3 is 10.6 Å². The molecule has 2 aromatic carbocycles. The average molecular weight is 484 g/mol. The highest BCUT2D eigenvalue weighted by Gasteiger charge is 2.27. The Labute approximate surface area is 197 Å². The van der Waals surface area contributed by atoms with Crippen molar-refractivity contribution < 1.29 is 18.0 Å². The van der Waals surface area contributed by atoms with Gasteiger partial charge in [0.1, 0.15) is 5.00 Å². The monoisotopic (exact) mass is 483 g/mol. The maximum atomic E-state index is 12.9. The minimum Gasteiger partial charge on any atom is -0.355 e. The van der Waals surface area contributed by atoms with Crippen molar-refractivity contribution in [1.82, 2.24) is 9.62 Å². The molecule has 172 valence electrons. The summed E-state index contributed by atoms with van der Waals surface area (Å²) in [6.07, 6.45) is 2.74. The molecule has 0 saturated heterocycles. The van der Waals surface area contributed by atoms with Crippen LogP contribution in [0.1, 0.15) is 43.1 Å². The summed E-state index contributed by atoms with van der Waals surface area (Å²) < 4.78 is 27.1. The molecule has 2 N–H and O–H groups in total. The van der Waals surface area contributed by atoms with Crippen molar-refractivity contribution >= 4 is 38.2 Å². The Balaban J connectivity index is 1.51. The second kappa shape index (κ2) is 9.46. The summed E-state index contributed by atoms with van der Waals surface area (Å²) in [7, 11) is -0.610. The zero-order chi connectivity index (χ0) is 23.6. The third kappa shape index (κ3) is 4.71. The second-order valence-electron chi connectivity index (χ2n) is 7.87. The first-order chi connectivity index (χ1) is 15.8. The Hall–Kier alpha value is -3.01. The minimum absolute atomic E-state index is 0.110. The van der Waals surface area contributed by atoms with Gasteiger partial charge in [0.05, 0.1) is 10.5 Å². The SMILES string of the molecule is CNC(=O)c1c(NC(=O)c2ccc(S(=O)(=O)N(C)Cc3ccccc3)cc2)sc2c1CCC2. The molecule has 0 fully saturated rings. The van der Waals surface area contributed by atoms with E-state index in [2.05, 4.69) is 10.6 Å². The number of amides is 2. The zero-order valence-corrected chi connectivity index (χ0v) is 20.1. The van der Waals surface area contributed by atoms with Crippen LogP contribution in [-0.4, -0.2) is 38.6 Å². The number of carbonyl (C=O) groups is 2. The molecular formula is C24H25N3O4S2. The van der Waals surface area contributed by atoms with Crippen LogP contribution < -0.4 is 10.6 Å². The van der Waals surface area contributed by atoms with Crippen LogP contribution in [0.3, 0.4) is 0 Å². The summed E-state index contributed by atoms with van der Waals surface area (Å²) in [5.74, 6) is -0.603. The molecule has 0 aliphatic heterocycles. The quantitative estimate of drug-likeness (QED) is 0.536. The summed E-state index contributed by atoms with van der Waals surface area (Å²) in [6, 6.07) is 15.2. The van der Waals surface area contributed by atoms with Crippen LogP contribution in [0.5, 0.6) is 0 Å². The van der Waals surface area contributed by atoms with Gasteiger partial charge in [-0.1, -0.05) is 30.3 Å². The van der Waals surface area contributed by atoms with E-state index in [4.69, 9.17) is 0 Å². The molecule has 4 rings (SSSR count). The number of carbonyl (C=O) groups excluding carboxylic acids is 2. The van der Waals surface area contributed by atoms with E-state index in [-0.39, 0.29) is 23.3 Å². The molecule has 3 aromatic rings. The van der Waals surface area contributed by atoms with E-state index in [0.717, 1.165) is 35.3 Å². The smallest absolute Gasteiger partial charge is 0.256 e. The third-order valence-electron chi connectivity index (χ3n) is 5.68. The number of thiophene rings is 1. The summed E-state index contributed by atoms with van der Waals surface area (Å²) in [6.45, 7) is 0.247. The fraction of sp³-hybridized carbons (Fsp3) is 0.250. The maximum Gasteiger partial charge on any atom is 0.256 e. The molecule has 0 atom stereocenters. The Morgan fingerprint density at radius 2 is 1.70 bits per heavy atom. The molecule has 1 aromatic heterocycles. The van der Waals surface area contributed by atoms with Crippen molar-refractivity contribution in [2.45, 2.75) is 30.7 Å². The van der Waals surface area contributed by atoms with E-state index in [0.29, 0.717) is 16.1 Å². The van der Waals surface area contributed by atoms with Crippen LogP contribution in [0.4, 0.5) is 5.00 Å². The molecule has 9 heteroatoms. The number of hydrogen-bond donors (Lipinski definition) is 2. The van der Waals surface area contributed by atoms with Crippen LogP contribution in [-0.2, 0) is 29.4 Å². The highest BCUT2D eigenvalue weighted by Crippen LogP contribution is 2.39. The van der Waals surface area contributed by atoms with Gasteiger partial charge >= 0.3 is 0 Å². The van der Waals surface area contributed by atoms with Gasteiger partial charge in [0.25, 0.3) is 11.8 Å². The van der Waals surface area contributed by atoms with Crippen LogP contribution >= 0.6 is 11.3 Å². The number of nitrogens with one attached hydrogen (secondary N) is 2. The highest BCUT2D eigenvalue weighted by molar-refractivity contribution is 7.89. The first-order valence-corrected chi connectivity index (χ1v) is 12.8. The molecule has 2 amide bonds. The van der Waals surface area contributed by atoms with Crippen molar-refractivity contribution in [2.75, 3.05) is 19.4 Å². The van der Waals surface area contributed by atoms with Crippen molar-refractivity contribution in [3.8, 4) is 0 Å². The van der Waals surface area contributed by atoms with Crippen molar-refractivity contribution in [3.63, 3.8) is 0 Å². The molecular weight excluding hydrogens is 458 g/mol. The molecule has 0 saturated carbocycles. The molecule has 0 unspecified atom stereocenters. The van der Waals surface area contributed by atoms with Gasteiger partial charge in [0, 0.05) is 31.1 Å². The summed E-state index contributed by atoms with van der Waals surface area (Å²) in [4.78, 5) is 26.5. The van der Waals surface area contributed by atoms with Crippen LogP contribution in [0.15, 0.2) is 59.5 Å². The molecule has 0 spiro atoms. The summed E-state index contributed by atoms with van der Waals surface area (Å²) in [5, 5.41) is 6.02.